The topological polar surface area (TPSA) is 43.8 Å². The van der Waals surface area contributed by atoms with Gasteiger partial charge in [0.25, 0.3) is 0 Å². The molecule has 2 aromatic rings. The van der Waals surface area contributed by atoms with Crippen LogP contribution in [-0.4, -0.2) is 9.78 Å². The zero-order chi connectivity index (χ0) is 12.4. The normalized spacial score (nSPS) is 12.6. The Morgan fingerprint density at radius 3 is 2.82 bits per heavy atom. The fourth-order valence-electron chi connectivity index (χ4n) is 1.72. The van der Waals surface area contributed by atoms with E-state index in [-0.39, 0.29) is 0 Å². The van der Waals surface area contributed by atoms with Crippen LogP contribution in [0.5, 0.6) is 0 Å². The van der Waals surface area contributed by atoms with Gasteiger partial charge in [-0.15, -0.1) is 0 Å². The molecule has 0 bridgehead atoms. The molecule has 1 unspecified atom stereocenters. The van der Waals surface area contributed by atoms with Crippen molar-refractivity contribution in [2.45, 2.75) is 26.3 Å². The standard InChI is InChI=1S/C13H16ClN3/c1-3-9(2)17-13(15)8-12(16-17)10-5-4-6-11(14)7-10/h4-9H,3,15H2,1-2H3. The maximum atomic E-state index is 5.97. The highest BCUT2D eigenvalue weighted by Crippen LogP contribution is 2.25. The Labute approximate surface area is 106 Å². The minimum atomic E-state index is 0.308. The summed E-state index contributed by atoms with van der Waals surface area (Å²) in [6.07, 6.45) is 1.00. The molecule has 0 aliphatic carbocycles. The molecular weight excluding hydrogens is 234 g/mol. The Kier molecular flexibility index (Phi) is 3.38. The first-order valence-corrected chi connectivity index (χ1v) is 6.10. The van der Waals surface area contributed by atoms with E-state index in [1.165, 1.54) is 0 Å². The molecular formula is C13H16ClN3. The van der Waals surface area contributed by atoms with Gasteiger partial charge in [-0.25, -0.2) is 4.68 Å². The number of aromatic nitrogens is 2. The predicted molar refractivity (Wildman–Crippen MR) is 72.1 cm³/mol. The molecule has 2 N–H and O–H groups in total. The Bertz CT molecular complexity index is 519. The number of rotatable bonds is 3. The summed E-state index contributed by atoms with van der Waals surface area (Å²) in [6.45, 7) is 4.22. The van der Waals surface area contributed by atoms with Gasteiger partial charge >= 0.3 is 0 Å². The van der Waals surface area contributed by atoms with Crippen molar-refractivity contribution in [3.05, 3.63) is 35.4 Å². The number of benzene rings is 1. The highest BCUT2D eigenvalue weighted by Gasteiger charge is 2.11. The molecule has 0 fully saturated rings. The summed E-state index contributed by atoms with van der Waals surface area (Å²) in [7, 11) is 0. The molecule has 4 heteroatoms. The van der Waals surface area contributed by atoms with Crippen LogP contribution in [0, 0.1) is 0 Å². The highest BCUT2D eigenvalue weighted by atomic mass is 35.5. The Balaban J connectivity index is 2.41. The van der Waals surface area contributed by atoms with Gasteiger partial charge in [-0.3, -0.25) is 0 Å². The largest absolute Gasteiger partial charge is 0.384 e. The second kappa shape index (κ2) is 4.80. The van der Waals surface area contributed by atoms with Gasteiger partial charge in [0, 0.05) is 16.7 Å². The third-order valence-electron chi connectivity index (χ3n) is 2.89. The van der Waals surface area contributed by atoms with Crippen LogP contribution in [0.1, 0.15) is 26.3 Å². The van der Waals surface area contributed by atoms with Crippen molar-refractivity contribution in [3.63, 3.8) is 0 Å². The minimum Gasteiger partial charge on any atom is -0.384 e. The molecule has 1 heterocycles. The minimum absolute atomic E-state index is 0.308. The van der Waals surface area contributed by atoms with Crippen molar-refractivity contribution < 1.29 is 0 Å². The third kappa shape index (κ3) is 2.44. The fraction of sp³-hybridized carbons (Fsp3) is 0.308. The number of hydrogen-bond acceptors (Lipinski definition) is 2. The monoisotopic (exact) mass is 249 g/mol. The average Bonchev–Trinajstić information content (AvgIpc) is 2.70. The summed E-state index contributed by atoms with van der Waals surface area (Å²) in [5, 5.41) is 5.23. The van der Waals surface area contributed by atoms with E-state index >= 15 is 0 Å². The highest BCUT2D eigenvalue weighted by molar-refractivity contribution is 6.30. The van der Waals surface area contributed by atoms with Crippen molar-refractivity contribution in [3.8, 4) is 11.3 Å². The molecule has 1 aromatic heterocycles. The van der Waals surface area contributed by atoms with Crippen LogP contribution in [0.3, 0.4) is 0 Å². The number of anilines is 1. The van der Waals surface area contributed by atoms with Crippen LogP contribution in [0.2, 0.25) is 5.02 Å². The van der Waals surface area contributed by atoms with Crippen molar-refractivity contribution in [2.75, 3.05) is 5.73 Å². The van der Waals surface area contributed by atoms with Gasteiger partial charge in [-0.2, -0.15) is 5.10 Å². The predicted octanol–water partition coefficient (Wildman–Crippen LogP) is 3.76. The number of halogens is 1. The molecule has 1 aromatic carbocycles. The van der Waals surface area contributed by atoms with Crippen molar-refractivity contribution in [2.24, 2.45) is 0 Å². The number of hydrogen-bond donors (Lipinski definition) is 1. The zero-order valence-corrected chi connectivity index (χ0v) is 10.8. The first-order chi connectivity index (χ1) is 8.11. The summed E-state index contributed by atoms with van der Waals surface area (Å²) in [5.74, 6) is 0.689. The van der Waals surface area contributed by atoms with Crippen molar-refractivity contribution >= 4 is 17.4 Å². The zero-order valence-electron chi connectivity index (χ0n) is 10.0. The molecule has 90 valence electrons. The average molecular weight is 250 g/mol. The molecule has 0 radical (unpaired) electrons. The van der Waals surface area contributed by atoms with Gasteiger partial charge in [0.2, 0.25) is 0 Å². The Morgan fingerprint density at radius 1 is 1.41 bits per heavy atom. The van der Waals surface area contributed by atoms with Crippen LogP contribution in [0.25, 0.3) is 11.3 Å². The van der Waals surface area contributed by atoms with Gasteiger partial charge in [0.05, 0.1) is 11.7 Å². The lowest BCUT2D eigenvalue weighted by molar-refractivity contribution is 0.486. The van der Waals surface area contributed by atoms with E-state index in [1.807, 2.05) is 35.0 Å². The number of nitrogens with zero attached hydrogens (tertiary/aromatic N) is 2. The van der Waals surface area contributed by atoms with Gasteiger partial charge in [0.15, 0.2) is 0 Å². The molecule has 0 saturated heterocycles. The van der Waals surface area contributed by atoms with Crippen LogP contribution < -0.4 is 5.73 Å². The number of nitrogen functional groups attached to an aromatic ring is 1. The summed E-state index contributed by atoms with van der Waals surface area (Å²) in [5.41, 5.74) is 7.82. The van der Waals surface area contributed by atoms with E-state index in [0.29, 0.717) is 16.9 Å². The molecule has 3 nitrogen and oxygen atoms in total. The molecule has 1 atom stereocenters. The van der Waals surface area contributed by atoms with E-state index in [2.05, 4.69) is 18.9 Å². The third-order valence-corrected chi connectivity index (χ3v) is 3.13. The Morgan fingerprint density at radius 2 is 2.18 bits per heavy atom. The first kappa shape index (κ1) is 12.0. The molecule has 0 aliphatic heterocycles. The maximum absolute atomic E-state index is 5.97. The van der Waals surface area contributed by atoms with Gasteiger partial charge in [0.1, 0.15) is 5.82 Å². The molecule has 0 aliphatic rings. The SMILES string of the molecule is CCC(C)n1nc(-c2cccc(Cl)c2)cc1N. The van der Waals surface area contributed by atoms with Crippen molar-refractivity contribution in [1.82, 2.24) is 9.78 Å². The second-order valence-electron chi connectivity index (χ2n) is 4.17. The summed E-state index contributed by atoms with van der Waals surface area (Å²) < 4.78 is 1.86. The smallest absolute Gasteiger partial charge is 0.122 e. The van der Waals surface area contributed by atoms with E-state index in [1.54, 1.807) is 0 Å². The van der Waals surface area contributed by atoms with E-state index in [0.717, 1.165) is 17.7 Å². The van der Waals surface area contributed by atoms with E-state index < -0.39 is 0 Å². The summed E-state index contributed by atoms with van der Waals surface area (Å²) >= 11 is 5.97. The number of nitrogens with two attached hydrogens (primary N) is 1. The van der Waals surface area contributed by atoms with Gasteiger partial charge in [-0.1, -0.05) is 30.7 Å². The molecule has 2 rings (SSSR count). The maximum Gasteiger partial charge on any atom is 0.122 e. The van der Waals surface area contributed by atoms with Crippen LogP contribution in [0.4, 0.5) is 5.82 Å². The lowest BCUT2D eigenvalue weighted by Gasteiger charge is -2.10. The lowest BCUT2D eigenvalue weighted by Crippen LogP contribution is -2.08. The Hall–Kier alpha value is -1.48. The van der Waals surface area contributed by atoms with Crippen molar-refractivity contribution in [1.29, 1.82) is 0 Å². The lowest BCUT2D eigenvalue weighted by atomic mass is 10.1. The second-order valence-corrected chi connectivity index (χ2v) is 4.60. The summed E-state index contributed by atoms with van der Waals surface area (Å²) in [4.78, 5) is 0. The first-order valence-electron chi connectivity index (χ1n) is 5.72. The van der Waals surface area contributed by atoms with E-state index in [9.17, 15) is 0 Å². The quantitative estimate of drug-likeness (QED) is 0.900. The van der Waals surface area contributed by atoms with Crippen LogP contribution in [-0.2, 0) is 0 Å². The molecule has 0 saturated carbocycles. The fourth-order valence-corrected chi connectivity index (χ4v) is 1.91. The van der Waals surface area contributed by atoms with Gasteiger partial charge < -0.3 is 5.73 Å². The van der Waals surface area contributed by atoms with Gasteiger partial charge in [-0.05, 0) is 25.5 Å². The van der Waals surface area contributed by atoms with Crippen LogP contribution in [0.15, 0.2) is 30.3 Å². The molecule has 0 spiro atoms. The molecule has 0 amide bonds. The van der Waals surface area contributed by atoms with E-state index in [4.69, 9.17) is 17.3 Å². The summed E-state index contributed by atoms with van der Waals surface area (Å²) in [6, 6.07) is 9.83. The van der Waals surface area contributed by atoms with Crippen LogP contribution >= 0.6 is 11.6 Å². The molecule has 17 heavy (non-hydrogen) atoms.